The number of benzene rings is 1. The van der Waals surface area contributed by atoms with Gasteiger partial charge in [0, 0.05) is 6.42 Å². The number of rotatable bonds is 9. The van der Waals surface area contributed by atoms with E-state index in [0.29, 0.717) is 11.7 Å². The van der Waals surface area contributed by atoms with E-state index >= 15 is 0 Å². The summed E-state index contributed by atoms with van der Waals surface area (Å²) in [5.41, 5.74) is 4.88. The van der Waals surface area contributed by atoms with Gasteiger partial charge in [0.05, 0.1) is 0 Å². The number of aryl methyl sites for hydroxylation is 1. The first-order valence-electron chi connectivity index (χ1n) is 10.0. The zero-order valence-electron chi connectivity index (χ0n) is 15.9. The quantitative estimate of drug-likeness (QED) is 0.537. The maximum Gasteiger partial charge on any atom is 0.303 e. The molecule has 2 N–H and O–H groups in total. The van der Waals surface area contributed by atoms with E-state index in [1.807, 2.05) is 0 Å². The van der Waals surface area contributed by atoms with Crippen molar-refractivity contribution < 1.29 is 15.0 Å². The molecule has 3 nitrogen and oxygen atoms in total. The molecule has 1 aromatic carbocycles. The minimum Gasteiger partial charge on any atom is -0.507 e. The number of carbonyl (C=O) groups is 1. The number of aliphatic carboxylic acids is 1. The number of aromatic hydroxyl groups is 1. The molecule has 0 heterocycles. The molecule has 1 aromatic rings. The van der Waals surface area contributed by atoms with Crippen molar-refractivity contribution in [3.05, 3.63) is 28.3 Å². The molecule has 0 bridgehead atoms. The predicted octanol–water partition coefficient (Wildman–Crippen LogP) is 6.02. The number of hydrogen-bond donors (Lipinski definition) is 2. The second kappa shape index (κ2) is 9.84. The lowest BCUT2D eigenvalue weighted by Gasteiger charge is -2.25. The van der Waals surface area contributed by atoms with Gasteiger partial charge in [0.15, 0.2) is 0 Å². The van der Waals surface area contributed by atoms with Crippen LogP contribution in [0.25, 0.3) is 0 Å². The van der Waals surface area contributed by atoms with Crippen LogP contribution in [0.1, 0.15) is 98.8 Å². The summed E-state index contributed by atoms with van der Waals surface area (Å²) >= 11 is 0. The minimum atomic E-state index is -0.695. The Hall–Kier alpha value is -1.51. The molecule has 0 amide bonds. The Labute approximate surface area is 152 Å². The van der Waals surface area contributed by atoms with Crippen LogP contribution in [0.15, 0.2) is 6.07 Å². The molecule has 1 fully saturated rings. The molecular formula is C22H34O3. The van der Waals surface area contributed by atoms with Crippen molar-refractivity contribution in [2.24, 2.45) is 0 Å². The van der Waals surface area contributed by atoms with Gasteiger partial charge in [-0.1, -0.05) is 44.6 Å². The van der Waals surface area contributed by atoms with Gasteiger partial charge in [-0.15, -0.1) is 0 Å². The van der Waals surface area contributed by atoms with Crippen molar-refractivity contribution in [3.63, 3.8) is 0 Å². The molecule has 0 spiro atoms. The van der Waals surface area contributed by atoms with E-state index in [1.54, 1.807) is 0 Å². The monoisotopic (exact) mass is 346 g/mol. The van der Waals surface area contributed by atoms with Crippen LogP contribution in [0.4, 0.5) is 0 Å². The van der Waals surface area contributed by atoms with E-state index in [-0.39, 0.29) is 6.42 Å². The summed E-state index contributed by atoms with van der Waals surface area (Å²) in [5, 5.41) is 19.4. The van der Waals surface area contributed by atoms with Crippen LogP contribution in [0.5, 0.6) is 5.75 Å². The Morgan fingerprint density at radius 1 is 1.04 bits per heavy atom. The Morgan fingerprint density at radius 2 is 1.68 bits per heavy atom. The topological polar surface area (TPSA) is 57.5 Å². The number of unbranched alkanes of at least 4 members (excludes halogenated alkanes) is 4. The van der Waals surface area contributed by atoms with Crippen LogP contribution in [0.2, 0.25) is 0 Å². The van der Waals surface area contributed by atoms with Gasteiger partial charge >= 0.3 is 5.97 Å². The molecule has 0 aromatic heterocycles. The van der Waals surface area contributed by atoms with Gasteiger partial charge in [-0.25, -0.2) is 0 Å². The average molecular weight is 347 g/mol. The van der Waals surface area contributed by atoms with E-state index in [0.717, 1.165) is 44.1 Å². The highest BCUT2D eigenvalue weighted by atomic mass is 16.4. The molecule has 3 heteroatoms. The van der Waals surface area contributed by atoms with Crippen molar-refractivity contribution in [3.8, 4) is 5.75 Å². The Bertz CT molecular complexity index is 571. The summed E-state index contributed by atoms with van der Waals surface area (Å²) in [4.78, 5) is 10.5. The number of hydrogen-bond acceptors (Lipinski definition) is 2. The van der Waals surface area contributed by atoms with E-state index in [4.69, 9.17) is 5.11 Å². The van der Waals surface area contributed by atoms with E-state index < -0.39 is 5.97 Å². The van der Waals surface area contributed by atoms with Gasteiger partial charge < -0.3 is 10.2 Å². The Kier molecular flexibility index (Phi) is 7.80. The first-order chi connectivity index (χ1) is 12.0. The van der Waals surface area contributed by atoms with E-state index in [9.17, 15) is 9.90 Å². The van der Waals surface area contributed by atoms with Crippen LogP contribution >= 0.6 is 0 Å². The second-order valence-corrected chi connectivity index (χ2v) is 7.73. The molecule has 25 heavy (non-hydrogen) atoms. The lowest BCUT2D eigenvalue weighted by Crippen LogP contribution is -2.07. The van der Waals surface area contributed by atoms with Gasteiger partial charge in [0.25, 0.3) is 0 Å². The fourth-order valence-electron chi connectivity index (χ4n) is 4.26. The number of phenolic OH excluding ortho intramolecular Hbond substituents is 1. The fraction of sp³-hybridized carbons (Fsp3) is 0.682. The van der Waals surface area contributed by atoms with Gasteiger partial charge in [-0.2, -0.15) is 0 Å². The largest absolute Gasteiger partial charge is 0.507 e. The minimum absolute atomic E-state index is 0.286. The fourth-order valence-corrected chi connectivity index (χ4v) is 4.26. The second-order valence-electron chi connectivity index (χ2n) is 7.73. The van der Waals surface area contributed by atoms with Crippen LogP contribution in [0, 0.1) is 13.8 Å². The Morgan fingerprint density at radius 3 is 2.36 bits per heavy atom. The van der Waals surface area contributed by atoms with Crippen molar-refractivity contribution >= 4 is 5.97 Å². The third-order valence-electron chi connectivity index (χ3n) is 5.79. The Balaban J connectivity index is 1.88. The number of carboxylic acid groups (broad SMARTS) is 1. The van der Waals surface area contributed by atoms with E-state index in [1.165, 1.54) is 48.8 Å². The van der Waals surface area contributed by atoms with Gasteiger partial charge in [0.2, 0.25) is 0 Å². The van der Waals surface area contributed by atoms with Crippen LogP contribution in [-0.4, -0.2) is 16.2 Å². The SMILES string of the molecule is Cc1cc(C2CCCCC2)c(O)c(C)c1CCCCCCCC(=O)O. The highest BCUT2D eigenvalue weighted by Crippen LogP contribution is 2.40. The van der Waals surface area contributed by atoms with Crippen molar-refractivity contribution in [2.75, 3.05) is 0 Å². The summed E-state index contributed by atoms with van der Waals surface area (Å²) in [7, 11) is 0. The molecule has 0 saturated heterocycles. The molecule has 2 rings (SSSR count). The molecule has 1 aliphatic carbocycles. The summed E-state index contributed by atoms with van der Waals surface area (Å²) in [6, 6.07) is 2.24. The predicted molar refractivity (Wildman–Crippen MR) is 102 cm³/mol. The molecule has 0 radical (unpaired) electrons. The molecule has 0 unspecified atom stereocenters. The molecule has 1 aliphatic rings. The molecule has 1 saturated carbocycles. The zero-order valence-corrected chi connectivity index (χ0v) is 15.9. The summed E-state index contributed by atoms with van der Waals surface area (Å²) in [6.45, 7) is 4.25. The van der Waals surface area contributed by atoms with Crippen LogP contribution < -0.4 is 0 Å². The van der Waals surface area contributed by atoms with Gasteiger partial charge in [-0.3, -0.25) is 4.79 Å². The third kappa shape index (κ3) is 5.76. The maximum atomic E-state index is 10.7. The van der Waals surface area contributed by atoms with Crippen molar-refractivity contribution in [1.29, 1.82) is 0 Å². The summed E-state index contributed by atoms with van der Waals surface area (Å²) < 4.78 is 0. The summed E-state index contributed by atoms with van der Waals surface area (Å²) in [5.74, 6) is 0.378. The van der Waals surface area contributed by atoms with Crippen LogP contribution in [-0.2, 0) is 11.2 Å². The zero-order chi connectivity index (χ0) is 18.2. The third-order valence-corrected chi connectivity index (χ3v) is 5.79. The number of carboxylic acids is 1. The van der Waals surface area contributed by atoms with Gasteiger partial charge in [-0.05, 0) is 74.1 Å². The van der Waals surface area contributed by atoms with E-state index in [2.05, 4.69) is 19.9 Å². The first-order valence-corrected chi connectivity index (χ1v) is 10.0. The van der Waals surface area contributed by atoms with Crippen molar-refractivity contribution in [1.82, 2.24) is 0 Å². The average Bonchev–Trinajstić information content (AvgIpc) is 2.60. The smallest absolute Gasteiger partial charge is 0.303 e. The molecule has 0 aliphatic heterocycles. The highest BCUT2D eigenvalue weighted by Gasteiger charge is 2.21. The lowest BCUT2D eigenvalue weighted by atomic mass is 9.81. The number of phenols is 1. The standard InChI is InChI=1S/C22H34O3/c1-16-15-20(18-11-7-6-8-12-18)22(25)17(2)19(16)13-9-4-3-5-10-14-21(23)24/h15,18,25H,3-14H2,1-2H3,(H,23,24). The van der Waals surface area contributed by atoms with Gasteiger partial charge in [0.1, 0.15) is 5.75 Å². The maximum absolute atomic E-state index is 10.7. The molecular weight excluding hydrogens is 312 g/mol. The highest BCUT2D eigenvalue weighted by molar-refractivity contribution is 5.66. The summed E-state index contributed by atoms with van der Waals surface area (Å²) in [6.07, 6.45) is 12.7. The van der Waals surface area contributed by atoms with Crippen LogP contribution in [0.3, 0.4) is 0 Å². The normalized spacial score (nSPS) is 15.4. The molecule has 0 atom stereocenters. The lowest BCUT2D eigenvalue weighted by molar-refractivity contribution is -0.137. The first kappa shape index (κ1) is 19.8. The molecule has 140 valence electrons. The van der Waals surface area contributed by atoms with Crippen molar-refractivity contribution in [2.45, 2.75) is 96.8 Å².